The molecule has 1 heterocycles. The zero-order valence-electron chi connectivity index (χ0n) is 17.2. The Kier molecular flexibility index (Phi) is 7.35. The number of carbonyl (C=O) groups excluding carboxylic acids is 1. The number of para-hydroxylation sites is 1. The Morgan fingerprint density at radius 3 is 2.59 bits per heavy atom. The first kappa shape index (κ1) is 22.6. The molecule has 0 aliphatic carbocycles. The monoisotopic (exact) mass is 488 g/mol. The number of hydrogen-bond acceptors (Lipinski definition) is 3. The van der Waals surface area contributed by atoms with Gasteiger partial charge in [-0.05, 0) is 66.4 Å². The van der Waals surface area contributed by atoms with E-state index in [0.29, 0.717) is 21.5 Å². The lowest BCUT2D eigenvalue weighted by Gasteiger charge is -2.37. The lowest BCUT2D eigenvalue weighted by atomic mass is 9.98. The largest absolute Gasteiger partial charge is 0.447 e. The molecule has 0 saturated carbocycles. The Morgan fingerprint density at radius 2 is 1.81 bits per heavy atom. The average molecular weight is 489 g/mol. The second kappa shape index (κ2) is 10.4. The van der Waals surface area contributed by atoms with Crippen LogP contribution in [0.4, 0.5) is 10.5 Å². The molecule has 8 heteroatoms. The minimum absolute atomic E-state index is 0.120. The number of hydrogen-bond donors (Lipinski definition) is 1. The summed E-state index contributed by atoms with van der Waals surface area (Å²) in [4.78, 5) is 12.9. The zero-order valence-corrected chi connectivity index (χ0v) is 19.5. The number of halogens is 2. The third-order valence-corrected chi connectivity index (χ3v) is 7.25. The van der Waals surface area contributed by atoms with Gasteiger partial charge in [0.05, 0.1) is 16.6 Å². The summed E-state index contributed by atoms with van der Waals surface area (Å²) in [7, 11) is -1.47. The van der Waals surface area contributed by atoms with E-state index in [1.807, 2.05) is 40.7 Å². The van der Waals surface area contributed by atoms with E-state index in [0.717, 1.165) is 29.7 Å². The van der Waals surface area contributed by atoms with Gasteiger partial charge in [-0.3, -0.25) is 4.31 Å². The molecule has 0 radical (unpaired) electrons. The van der Waals surface area contributed by atoms with Crippen LogP contribution in [0.5, 0.6) is 0 Å². The molecule has 2 atom stereocenters. The van der Waals surface area contributed by atoms with Crippen molar-refractivity contribution in [2.75, 3.05) is 10.9 Å². The van der Waals surface area contributed by atoms with Crippen LogP contribution in [0.25, 0.3) is 0 Å². The number of carbonyl (C=O) groups is 1. The van der Waals surface area contributed by atoms with Crippen LogP contribution in [-0.2, 0) is 28.7 Å². The van der Waals surface area contributed by atoms with Gasteiger partial charge in [-0.15, -0.1) is 0 Å². The number of ether oxygens (including phenoxy) is 1. The first-order valence-corrected chi connectivity index (χ1v) is 12.1. The third-order valence-electron chi connectivity index (χ3n) is 5.23. The summed E-state index contributed by atoms with van der Waals surface area (Å²) in [6.07, 6.45) is 1.02. The number of benzene rings is 3. The Labute approximate surface area is 199 Å². The van der Waals surface area contributed by atoms with Gasteiger partial charge in [-0.25, -0.2) is 9.00 Å². The molecule has 2 unspecified atom stereocenters. The highest BCUT2D eigenvalue weighted by atomic mass is 35.5. The number of amides is 1. The zero-order chi connectivity index (χ0) is 22.5. The summed E-state index contributed by atoms with van der Waals surface area (Å²) in [5.41, 5.74) is 2.89. The Hall–Kier alpha value is -2.54. The Bertz CT molecular complexity index is 1120. The van der Waals surface area contributed by atoms with Crippen LogP contribution in [-0.4, -0.2) is 23.0 Å². The van der Waals surface area contributed by atoms with E-state index in [4.69, 9.17) is 27.9 Å². The minimum Gasteiger partial charge on any atom is -0.447 e. The van der Waals surface area contributed by atoms with Crippen LogP contribution in [0.1, 0.15) is 17.5 Å². The SMILES string of the molecule is O=C(NCc1cccc(Cl)c1)OCC1CCc2ccccc2N1S(=O)c1ccc(Cl)cc1. The van der Waals surface area contributed by atoms with Crippen molar-refractivity contribution >= 4 is 46.0 Å². The summed E-state index contributed by atoms with van der Waals surface area (Å²) >= 11 is 12.0. The summed E-state index contributed by atoms with van der Waals surface area (Å²) in [5.74, 6) is 0. The molecule has 0 fully saturated rings. The Balaban J connectivity index is 1.46. The second-order valence-corrected chi connectivity index (χ2v) is 9.67. The first-order valence-electron chi connectivity index (χ1n) is 10.2. The Morgan fingerprint density at radius 1 is 1.03 bits per heavy atom. The molecular formula is C24H22Cl2N2O3S. The molecule has 0 bridgehead atoms. The van der Waals surface area contributed by atoms with E-state index in [1.165, 1.54) is 0 Å². The standard InChI is InChI=1S/C24H22Cl2N2O3S/c25-19-9-12-22(13-10-19)32(30)28-21(11-8-18-5-1-2-7-23(18)28)16-31-24(29)27-15-17-4-3-6-20(26)14-17/h1-7,9-10,12-14,21H,8,11,15-16H2,(H,27,29). The van der Waals surface area contributed by atoms with Crippen LogP contribution in [0.3, 0.4) is 0 Å². The molecule has 1 aliphatic rings. The third kappa shape index (κ3) is 5.44. The maximum absolute atomic E-state index is 13.5. The highest BCUT2D eigenvalue weighted by Crippen LogP contribution is 2.34. The topological polar surface area (TPSA) is 58.6 Å². The van der Waals surface area contributed by atoms with E-state index in [1.54, 1.807) is 36.4 Å². The lowest BCUT2D eigenvalue weighted by molar-refractivity contribution is 0.137. The van der Waals surface area contributed by atoms with Gasteiger partial charge in [0, 0.05) is 16.6 Å². The van der Waals surface area contributed by atoms with Gasteiger partial charge in [0.2, 0.25) is 0 Å². The predicted molar refractivity (Wildman–Crippen MR) is 129 cm³/mol. The predicted octanol–water partition coefficient (Wildman–Crippen LogP) is 5.76. The van der Waals surface area contributed by atoms with Crippen LogP contribution in [0, 0.1) is 0 Å². The summed E-state index contributed by atoms with van der Waals surface area (Å²) < 4.78 is 20.8. The van der Waals surface area contributed by atoms with Gasteiger partial charge in [0.15, 0.2) is 11.0 Å². The highest BCUT2D eigenvalue weighted by Gasteiger charge is 2.32. The molecule has 4 rings (SSSR count). The van der Waals surface area contributed by atoms with Crippen molar-refractivity contribution in [2.45, 2.75) is 30.3 Å². The van der Waals surface area contributed by atoms with Crippen LogP contribution in [0.2, 0.25) is 10.0 Å². The number of anilines is 1. The number of alkyl carbamates (subject to hydrolysis) is 1. The van der Waals surface area contributed by atoms with E-state index in [9.17, 15) is 9.00 Å². The van der Waals surface area contributed by atoms with Crippen molar-refractivity contribution in [2.24, 2.45) is 0 Å². The normalized spacial score (nSPS) is 16.2. The van der Waals surface area contributed by atoms with Crippen molar-refractivity contribution in [3.8, 4) is 0 Å². The molecule has 166 valence electrons. The fourth-order valence-corrected chi connectivity index (χ4v) is 5.39. The van der Waals surface area contributed by atoms with Crippen molar-refractivity contribution in [3.05, 3.63) is 94.0 Å². The number of fused-ring (bicyclic) bond motifs is 1. The summed E-state index contributed by atoms with van der Waals surface area (Å²) in [6.45, 7) is 0.433. The number of aryl methyl sites for hydroxylation is 1. The van der Waals surface area contributed by atoms with Gasteiger partial charge in [0.25, 0.3) is 0 Å². The maximum Gasteiger partial charge on any atom is 0.407 e. The van der Waals surface area contributed by atoms with Gasteiger partial charge >= 0.3 is 6.09 Å². The van der Waals surface area contributed by atoms with Gasteiger partial charge in [0.1, 0.15) is 6.61 Å². The molecule has 3 aromatic rings. The maximum atomic E-state index is 13.5. The smallest absolute Gasteiger partial charge is 0.407 e. The van der Waals surface area contributed by atoms with E-state index in [-0.39, 0.29) is 12.6 Å². The van der Waals surface area contributed by atoms with Crippen molar-refractivity contribution < 1.29 is 13.7 Å². The molecule has 1 aliphatic heterocycles. The van der Waals surface area contributed by atoms with Crippen molar-refractivity contribution in [3.63, 3.8) is 0 Å². The van der Waals surface area contributed by atoms with Crippen LogP contribution < -0.4 is 9.62 Å². The molecular weight excluding hydrogens is 467 g/mol. The molecule has 1 amide bonds. The van der Waals surface area contributed by atoms with Crippen molar-refractivity contribution in [1.82, 2.24) is 5.32 Å². The molecule has 0 spiro atoms. The lowest BCUT2D eigenvalue weighted by Crippen LogP contribution is -2.44. The summed E-state index contributed by atoms with van der Waals surface area (Å²) in [5, 5.41) is 3.93. The van der Waals surface area contributed by atoms with Gasteiger partial charge < -0.3 is 10.1 Å². The number of rotatable bonds is 6. The van der Waals surface area contributed by atoms with E-state index < -0.39 is 17.1 Å². The fourth-order valence-electron chi connectivity index (χ4n) is 3.66. The van der Waals surface area contributed by atoms with Gasteiger partial charge in [-0.2, -0.15) is 0 Å². The fraction of sp³-hybridized carbons (Fsp3) is 0.208. The van der Waals surface area contributed by atoms with E-state index >= 15 is 0 Å². The molecule has 0 saturated heterocycles. The van der Waals surface area contributed by atoms with Crippen LogP contribution in [0.15, 0.2) is 77.7 Å². The molecule has 5 nitrogen and oxygen atoms in total. The van der Waals surface area contributed by atoms with Crippen molar-refractivity contribution in [1.29, 1.82) is 0 Å². The molecule has 32 heavy (non-hydrogen) atoms. The summed E-state index contributed by atoms with van der Waals surface area (Å²) in [6, 6.07) is 21.9. The van der Waals surface area contributed by atoms with Crippen LogP contribution >= 0.6 is 23.2 Å². The number of nitrogens with zero attached hydrogens (tertiary/aromatic N) is 1. The molecule has 0 aromatic heterocycles. The molecule has 1 N–H and O–H groups in total. The van der Waals surface area contributed by atoms with E-state index in [2.05, 4.69) is 5.32 Å². The highest BCUT2D eigenvalue weighted by molar-refractivity contribution is 7.86. The second-order valence-electron chi connectivity index (χ2n) is 7.43. The molecule has 3 aromatic carbocycles. The first-order chi connectivity index (χ1) is 15.5. The van der Waals surface area contributed by atoms with Gasteiger partial charge in [-0.1, -0.05) is 53.5 Å². The number of nitrogens with one attached hydrogen (secondary N) is 1. The quantitative estimate of drug-likeness (QED) is 0.479. The average Bonchev–Trinajstić information content (AvgIpc) is 2.81. The minimum atomic E-state index is -1.47.